The van der Waals surface area contributed by atoms with Gasteiger partial charge in [-0.25, -0.2) is 0 Å². The summed E-state index contributed by atoms with van der Waals surface area (Å²) < 4.78 is 0. The van der Waals surface area contributed by atoms with Gasteiger partial charge in [-0.05, 0) is 75.0 Å². The summed E-state index contributed by atoms with van der Waals surface area (Å²) in [4.78, 5) is 0. The summed E-state index contributed by atoms with van der Waals surface area (Å²) in [5.74, 6) is 5.01. The van der Waals surface area contributed by atoms with Crippen molar-refractivity contribution >= 4 is 0 Å². The Hall–Kier alpha value is -0.780. The van der Waals surface area contributed by atoms with E-state index in [-0.39, 0.29) is 5.41 Å². The fourth-order valence-corrected chi connectivity index (χ4v) is 6.25. The average molecular weight is 254 g/mol. The molecule has 0 heterocycles. The van der Waals surface area contributed by atoms with Gasteiger partial charge in [0, 0.05) is 5.41 Å². The molecule has 1 atom stereocenters. The molecule has 0 amide bonds. The molecule has 0 aromatic heterocycles. The minimum atomic E-state index is 0.289. The van der Waals surface area contributed by atoms with Gasteiger partial charge >= 0.3 is 0 Å². The molecule has 5 aliphatic rings. The van der Waals surface area contributed by atoms with Gasteiger partial charge in [0.15, 0.2) is 0 Å². The van der Waals surface area contributed by atoms with E-state index in [9.17, 15) is 0 Å². The molecule has 0 N–H and O–H groups in total. The number of hydrogen-bond donors (Lipinski definition) is 0. The van der Waals surface area contributed by atoms with Crippen LogP contribution in [0.15, 0.2) is 36.5 Å². The van der Waals surface area contributed by atoms with Gasteiger partial charge in [-0.15, -0.1) is 0 Å². The number of hydrogen-bond acceptors (Lipinski definition) is 0. The van der Waals surface area contributed by atoms with E-state index >= 15 is 0 Å². The summed E-state index contributed by atoms with van der Waals surface area (Å²) in [6.45, 7) is 6.67. The van der Waals surface area contributed by atoms with Crippen molar-refractivity contribution in [2.24, 2.45) is 35.0 Å². The van der Waals surface area contributed by atoms with Gasteiger partial charge in [0.25, 0.3) is 0 Å². The summed E-state index contributed by atoms with van der Waals surface area (Å²) >= 11 is 0. The third-order valence-corrected chi connectivity index (χ3v) is 6.71. The maximum atomic E-state index is 4.40. The lowest BCUT2D eigenvalue weighted by atomic mass is 9.45. The lowest BCUT2D eigenvalue weighted by Crippen LogP contribution is -2.51. The second-order valence-electron chi connectivity index (χ2n) is 7.77. The highest BCUT2D eigenvalue weighted by molar-refractivity contribution is 5.30. The van der Waals surface area contributed by atoms with Crippen LogP contribution in [0.2, 0.25) is 0 Å². The Morgan fingerprint density at radius 2 is 1.63 bits per heavy atom. The normalized spacial score (nSPS) is 50.7. The Morgan fingerprint density at radius 1 is 1.00 bits per heavy atom. The maximum Gasteiger partial charge on any atom is 0.0156 e. The van der Waals surface area contributed by atoms with Gasteiger partial charge in [-0.1, -0.05) is 36.5 Å². The number of rotatable bonds is 2. The zero-order valence-corrected chi connectivity index (χ0v) is 12.1. The Labute approximate surface area is 117 Å². The lowest BCUT2D eigenvalue weighted by molar-refractivity contribution is -0.0726. The van der Waals surface area contributed by atoms with Crippen LogP contribution in [0.3, 0.4) is 0 Å². The van der Waals surface area contributed by atoms with Gasteiger partial charge in [0.2, 0.25) is 0 Å². The first-order valence-electron chi connectivity index (χ1n) is 8.19. The fraction of sp³-hybridized carbons (Fsp3) is 0.684. The molecule has 0 saturated heterocycles. The minimum absolute atomic E-state index is 0.289. The molecule has 19 heavy (non-hydrogen) atoms. The van der Waals surface area contributed by atoms with Crippen LogP contribution in [-0.2, 0) is 0 Å². The number of allylic oxidation sites excluding steroid dienone is 5. The van der Waals surface area contributed by atoms with Crippen molar-refractivity contribution in [2.75, 3.05) is 0 Å². The van der Waals surface area contributed by atoms with Crippen LogP contribution < -0.4 is 0 Å². The Kier molecular flexibility index (Phi) is 2.59. The van der Waals surface area contributed by atoms with Gasteiger partial charge in [0.05, 0.1) is 0 Å². The minimum Gasteiger partial charge on any atom is -0.0992 e. The molecule has 0 aromatic rings. The van der Waals surface area contributed by atoms with Crippen LogP contribution in [0.1, 0.15) is 45.4 Å². The highest BCUT2D eigenvalue weighted by Gasteiger charge is 2.54. The second-order valence-corrected chi connectivity index (χ2v) is 7.77. The molecule has 0 aromatic carbocycles. The quantitative estimate of drug-likeness (QED) is 0.599. The van der Waals surface area contributed by atoms with Crippen LogP contribution in [0.25, 0.3) is 0 Å². The van der Waals surface area contributed by atoms with Crippen LogP contribution in [0.4, 0.5) is 0 Å². The van der Waals surface area contributed by atoms with Crippen LogP contribution >= 0.6 is 0 Å². The highest BCUT2D eigenvalue weighted by Crippen LogP contribution is 2.63. The predicted molar refractivity (Wildman–Crippen MR) is 80.7 cm³/mol. The molecule has 0 aliphatic heterocycles. The third kappa shape index (κ3) is 1.65. The zero-order chi connectivity index (χ0) is 13.0. The van der Waals surface area contributed by atoms with Crippen molar-refractivity contribution < 1.29 is 0 Å². The summed E-state index contributed by atoms with van der Waals surface area (Å²) in [5, 5.41) is 0. The van der Waals surface area contributed by atoms with Crippen molar-refractivity contribution in [2.45, 2.75) is 45.4 Å². The van der Waals surface area contributed by atoms with Crippen molar-refractivity contribution in [3.05, 3.63) is 36.5 Å². The van der Waals surface area contributed by atoms with E-state index in [2.05, 4.69) is 37.8 Å². The summed E-state index contributed by atoms with van der Waals surface area (Å²) in [5.41, 5.74) is 1.70. The summed E-state index contributed by atoms with van der Waals surface area (Å²) in [6, 6.07) is 0. The van der Waals surface area contributed by atoms with E-state index in [1.54, 1.807) is 6.42 Å². The molecule has 102 valence electrons. The highest BCUT2D eigenvalue weighted by atomic mass is 14.6. The molecular formula is C19H26. The predicted octanol–water partition coefficient (Wildman–Crippen LogP) is 5.14. The zero-order valence-electron chi connectivity index (χ0n) is 12.1. The average Bonchev–Trinajstić information content (AvgIpc) is 2.38. The molecule has 5 aliphatic carbocycles. The Bertz CT molecular complexity index is 425. The standard InChI is InChI=1S/C19H26/c1-13(2)19(6-4-3-5-7-19)18-16-9-14-8-15(11-16)12-17(18)10-14/h3-6,14-18H,1,7-12H2,2H3. The Morgan fingerprint density at radius 3 is 2.11 bits per heavy atom. The second kappa shape index (κ2) is 4.11. The smallest absolute Gasteiger partial charge is 0.0156 e. The van der Waals surface area contributed by atoms with Crippen LogP contribution in [0, 0.1) is 35.0 Å². The first kappa shape index (κ1) is 12.0. The first-order chi connectivity index (χ1) is 9.19. The maximum absolute atomic E-state index is 4.40. The van der Waals surface area contributed by atoms with Crippen LogP contribution in [-0.4, -0.2) is 0 Å². The summed E-state index contributed by atoms with van der Waals surface area (Å²) in [6.07, 6.45) is 18.2. The van der Waals surface area contributed by atoms with E-state index in [4.69, 9.17) is 0 Å². The van der Waals surface area contributed by atoms with Crippen molar-refractivity contribution in [1.82, 2.24) is 0 Å². The van der Waals surface area contributed by atoms with Crippen LogP contribution in [0.5, 0.6) is 0 Å². The molecule has 0 nitrogen and oxygen atoms in total. The molecule has 0 radical (unpaired) electrons. The summed E-state index contributed by atoms with van der Waals surface area (Å²) in [7, 11) is 0. The first-order valence-corrected chi connectivity index (χ1v) is 8.19. The lowest BCUT2D eigenvalue weighted by Gasteiger charge is -2.60. The van der Waals surface area contributed by atoms with Gasteiger partial charge in [0.1, 0.15) is 0 Å². The van der Waals surface area contributed by atoms with E-state index in [0.717, 1.165) is 29.6 Å². The fourth-order valence-electron chi connectivity index (χ4n) is 6.25. The molecule has 4 bridgehead atoms. The van der Waals surface area contributed by atoms with Crippen molar-refractivity contribution in [3.8, 4) is 0 Å². The molecule has 4 saturated carbocycles. The van der Waals surface area contributed by atoms with E-state index in [1.807, 2.05) is 0 Å². The molecule has 0 spiro atoms. The van der Waals surface area contributed by atoms with Gasteiger partial charge in [-0.2, -0.15) is 0 Å². The largest absolute Gasteiger partial charge is 0.0992 e. The molecular weight excluding hydrogens is 228 g/mol. The molecule has 1 unspecified atom stereocenters. The van der Waals surface area contributed by atoms with Gasteiger partial charge < -0.3 is 0 Å². The van der Waals surface area contributed by atoms with Gasteiger partial charge in [-0.3, -0.25) is 0 Å². The van der Waals surface area contributed by atoms with E-state index in [1.165, 1.54) is 37.7 Å². The van der Waals surface area contributed by atoms with E-state index < -0.39 is 0 Å². The molecule has 0 heteroatoms. The SMILES string of the molecule is C=C(C)C1(C2C3CC4CC(C3)CC2C4)C=CC=CC1. The monoisotopic (exact) mass is 254 g/mol. The Balaban J connectivity index is 1.72. The van der Waals surface area contributed by atoms with E-state index in [0.29, 0.717) is 0 Å². The molecule has 5 rings (SSSR count). The third-order valence-electron chi connectivity index (χ3n) is 6.71. The van der Waals surface area contributed by atoms with Crippen molar-refractivity contribution in [1.29, 1.82) is 0 Å². The van der Waals surface area contributed by atoms with Crippen molar-refractivity contribution in [3.63, 3.8) is 0 Å². The molecule has 4 fully saturated rings. The topological polar surface area (TPSA) is 0 Å².